The summed E-state index contributed by atoms with van der Waals surface area (Å²) < 4.78 is 10.6. The second-order valence-electron chi connectivity index (χ2n) is 3.72. The van der Waals surface area contributed by atoms with E-state index in [1.807, 2.05) is 18.2 Å². The first-order chi connectivity index (χ1) is 9.34. The molecule has 5 heteroatoms. The second kappa shape index (κ2) is 11.2. The van der Waals surface area contributed by atoms with Crippen molar-refractivity contribution in [2.75, 3.05) is 43.3 Å². The number of benzene rings is 1. The van der Waals surface area contributed by atoms with Gasteiger partial charge in [-0.3, -0.25) is 0 Å². The maximum Gasteiger partial charge on any atom is 0.338 e. The molecule has 0 aliphatic rings. The Bertz CT molecular complexity index is 344. The first-order valence-electron chi connectivity index (χ1n) is 6.21. The Kier molecular flexibility index (Phi) is 9.67. The molecule has 0 aliphatic heterocycles. The standard InChI is InChI=1S/C14H20O3S2/c1-18-10-7-16-8-11-19-12-9-17-14(15)13-5-3-2-4-6-13/h2-6H,7-12H2,1H3. The van der Waals surface area contributed by atoms with Crippen LogP contribution in [0.2, 0.25) is 0 Å². The highest BCUT2D eigenvalue weighted by atomic mass is 32.2. The highest BCUT2D eigenvalue weighted by Gasteiger charge is 2.04. The third-order valence-electron chi connectivity index (χ3n) is 2.27. The molecule has 0 heterocycles. The molecule has 0 radical (unpaired) electrons. The summed E-state index contributed by atoms with van der Waals surface area (Å²) >= 11 is 3.52. The Morgan fingerprint density at radius 2 is 1.74 bits per heavy atom. The van der Waals surface area contributed by atoms with Crippen LogP contribution in [-0.2, 0) is 9.47 Å². The third-order valence-corrected chi connectivity index (χ3v) is 3.76. The molecule has 0 aromatic heterocycles. The van der Waals surface area contributed by atoms with Crippen LogP contribution in [0.25, 0.3) is 0 Å². The van der Waals surface area contributed by atoms with E-state index in [0.29, 0.717) is 12.2 Å². The van der Waals surface area contributed by atoms with Crippen LogP contribution in [0.4, 0.5) is 0 Å². The van der Waals surface area contributed by atoms with Gasteiger partial charge in [0, 0.05) is 17.3 Å². The van der Waals surface area contributed by atoms with Crippen molar-refractivity contribution in [1.29, 1.82) is 0 Å². The van der Waals surface area contributed by atoms with E-state index in [9.17, 15) is 4.79 Å². The number of rotatable bonds is 10. The van der Waals surface area contributed by atoms with Gasteiger partial charge in [0.05, 0.1) is 18.8 Å². The van der Waals surface area contributed by atoms with Crippen molar-refractivity contribution in [2.24, 2.45) is 0 Å². The zero-order chi connectivity index (χ0) is 13.8. The van der Waals surface area contributed by atoms with Gasteiger partial charge < -0.3 is 9.47 Å². The molecule has 0 spiro atoms. The lowest BCUT2D eigenvalue weighted by molar-refractivity contribution is 0.0530. The fraction of sp³-hybridized carbons (Fsp3) is 0.500. The van der Waals surface area contributed by atoms with Crippen LogP contribution < -0.4 is 0 Å². The molecule has 0 amide bonds. The van der Waals surface area contributed by atoms with Gasteiger partial charge in [-0.25, -0.2) is 4.79 Å². The fourth-order valence-electron chi connectivity index (χ4n) is 1.32. The van der Waals surface area contributed by atoms with Gasteiger partial charge in [0.25, 0.3) is 0 Å². The van der Waals surface area contributed by atoms with Crippen molar-refractivity contribution in [2.45, 2.75) is 0 Å². The summed E-state index contributed by atoms with van der Waals surface area (Å²) in [6.45, 7) is 2.02. The van der Waals surface area contributed by atoms with Crippen molar-refractivity contribution >= 4 is 29.5 Å². The monoisotopic (exact) mass is 300 g/mol. The minimum atomic E-state index is -0.252. The topological polar surface area (TPSA) is 35.5 Å². The maximum absolute atomic E-state index is 11.6. The van der Waals surface area contributed by atoms with Gasteiger partial charge >= 0.3 is 5.97 Å². The summed E-state index contributed by atoms with van der Waals surface area (Å²) in [5.74, 6) is 2.54. The zero-order valence-corrected chi connectivity index (χ0v) is 12.8. The molecule has 19 heavy (non-hydrogen) atoms. The molecule has 0 aliphatic carbocycles. The highest BCUT2D eigenvalue weighted by Crippen LogP contribution is 2.04. The number of carbonyl (C=O) groups excluding carboxylic acids is 1. The number of hydrogen-bond donors (Lipinski definition) is 0. The van der Waals surface area contributed by atoms with Crippen LogP contribution in [0.15, 0.2) is 30.3 Å². The Hall–Kier alpha value is -0.650. The smallest absolute Gasteiger partial charge is 0.338 e. The van der Waals surface area contributed by atoms with E-state index in [-0.39, 0.29) is 5.97 Å². The Balaban J connectivity index is 1.95. The predicted molar refractivity (Wildman–Crippen MR) is 83.3 cm³/mol. The molecule has 3 nitrogen and oxygen atoms in total. The Labute approximate surface area is 123 Å². The minimum absolute atomic E-state index is 0.252. The van der Waals surface area contributed by atoms with Gasteiger partial charge in [-0.2, -0.15) is 23.5 Å². The van der Waals surface area contributed by atoms with Gasteiger partial charge in [-0.1, -0.05) is 18.2 Å². The molecular formula is C14H20O3S2. The van der Waals surface area contributed by atoms with Gasteiger partial charge in [0.15, 0.2) is 0 Å². The lowest BCUT2D eigenvalue weighted by atomic mass is 10.2. The Morgan fingerprint density at radius 3 is 2.47 bits per heavy atom. The van der Waals surface area contributed by atoms with Crippen molar-refractivity contribution in [1.82, 2.24) is 0 Å². The lowest BCUT2D eigenvalue weighted by Crippen LogP contribution is -2.08. The molecule has 1 rings (SSSR count). The second-order valence-corrected chi connectivity index (χ2v) is 5.93. The zero-order valence-electron chi connectivity index (χ0n) is 11.2. The molecule has 106 valence electrons. The van der Waals surface area contributed by atoms with E-state index in [1.54, 1.807) is 35.7 Å². The summed E-state index contributed by atoms with van der Waals surface area (Å²) in [6.07, 6.45) is 2.07. The molecule has 0 bridgehead atoms. The summed E-state index contributed by atoms with van der Waals surface area (Å²) in [7, 11) is 0. The SMILES string of the molecule is CSCCOCCSCCOC(=O)c1ccccc1. The highest BCUT2D eigenvalue weighted by molar-refractivity contribution is 7.99. The van der Waals surface area contributed by atoms with Crippen LogP contribution in [0.1, 0.15) is 10.4 Å². The van der Waals surface area contributed by atoms with Gasteiger partial charge in [0.1, 0.15) is 6.61 Å². The van der Waals surface area contributed by atoms with Crippen LogP contribution in [0.3, 0.4) is 0 Å². The van der Waals surface area contributed by atoms with Crippen molar-refractivity contribution in [3.05, 3.63) is 35.9 Å². The molecule has 0 atom stereocenters. The van der Waals surface area contributed by atoms with E-state index >= 15 is 0 Å². The van der Waals surface area contributed by atoms with Crippen LogP contribution in [0, 0.1) is 0 Å². The number of ether oxygens (including phenoxy) is 2. The molecule has 0 saturated carbocycles. The maximum atomic E-state index is 11.6. The van der Waals surface area contributed by atoms with E-state index in [1.165, 1.54) is 0 Å². The summed E-state index contributed by atoms with van der Waals surface area (Å²) in [4.78, 5) is 11.6. The molecular weight excluding hydrogens is 280 g/mol. The van der Waals surface area contributed by atoms with E-state index in [4.69, 9.17) is 9.47 Å². The van der Waals surface area contributed by atoms with Crippen LogP contribution in [-0.4, -0.2) is 49.3 Å². The van der Waals surface area contributed by atoms with E-state index in [0.717, 1.165) is 30.5 Å². The lowest BCUT2D eigenvalue weighted by Gasteiger charge is -2.05. The first kappa shape index (κ1) is 16.4. The van der Waals surface area contributed by atoms with Gasteiger partial charge in [-0.05, 0) is 18.4 Å². The van der Waals surface area contributed by atoms with Gasteiger partial charge in [-0.15, -0.1) is 0 Å². The van der Waals surface area contributed by atoms with Crippen molar-refractivity contribution < 1.29 is 14.3 Å². The summed E-state index contributed by atoms with van der Waals surface area (Å²) in [5.41, 5.74) is 0.605. The normalized spacial score (nSPS) is 10.4. The van der Waals surface area contributed by atoms with Crippen molar-refractivity contribution in [3.63, 3.8) is 0 Å². The first-order valence-corrected chi connectivity index (χ1v) is 8.76. The Morgan fingerprint density at radius 1 is 1.05 bits per heavy atom. The van der Waals surface area contributed by atoms with E-state index in [2.05, 4.69) is 6.26 Å². The summed E-state index contributed by atoms with van der Waals surface area (Å²) in [5, 5.41) is 0. The molecule has 1 aromatic rings. The van der Waals surface area contributed by atoms with E-state index < -0.39 is 0 Å². The molecule has 0 N–H and O–H groups in total. The van der Waals surface area contributed by atoms with Crippen molar-refractivity contribution in [3.8, 4) is 0 Å². The third kappa shape index (κ3) is 8.18. The molecule has 0 unspecified atom stereocenters. The fourth-order valence-corrected chi connectivity index (χ4v) is 2.24. The average Bonchev–Trinajstić information content (AvgIpc) is 2.46. The largest absolute Gasteiger partial charge is 0.461 e. The predicted octanol–water partition coefficient (Wildman–Crippen LogP) is 2.96. The quantitative estimate of drug-likeness (QED) is 0.490. The number of hydrogen-bond acceptors (Lipinski definition) is 5. The van der Waals surface area contributed by atoms with Crippen LogP contribution >= 0.6 is 23.5 Å². The summed E-state index contributed by atoms with van der Waals surface area (Å²) in [6, 6.07) is 9.06. The number of carbonyl (C=O) groups is 1. The number of esters is 1. The average molecular weight is 300 g/mol. The molecule has 1 aromatic carbocycles. The number of thioether (sulfide) groups is 2. The minimum Gasteiger partial charge on any atom is -0.461 e. The van der Waals surface area contributed by atoms with Crippen LogP contribution in [0.5, 0.6) is 0 Å². The molecule has 0 saturated heterocycles. The molecule has 0 fully saturated rings. The van der Waals surface area contributed by atoms with Gasteiger partial charge in [0.2, 0.25) is 0 Å².